The van der Waals surface area contributed by atoms with Gasteiger partial charge in [-0.2, -0.15) is 0 Å². The smallest absolute Gasteiger partial charge is 0.211 e. The molecule has 27 heavy (non-hydrogen) atoms. The van der Waals surface area contributed by atoms with Gasteiger partial charge in [0.25, 0.3) is 0 Å². The minimum Gasteiger partial charge on any atom is -0.494 e. The summed E-state index contributed by atoms with van der Waals surface area (Å²) in [5.74, 6) is 0.527. The van der Waals surface area contributed by atoms with Gasteiger partial charge in [-0.1, -0.05) is 32.9 Å². The summed E-state index contributed by atoms with van der Waals surface area (Å²) in [5, 5.41) is 0.285. The van der Waals surface area contributed by atoms with Crippen LogP contribution in [-0.2, 0) is 15.3 Å². The highest BCUT2D eigenvalue weighted by Gasteiger charge is 2.23. The Balaban J connectivity index is 2.12. The molecule has 1 heterocycles. The number of sulfone groups is 1. The molecule has 2 aromatic carbocycles. The van der Waals surface area contributed by atoms with E-state index >= 15 is 0 Å². The quantitative estimate of drug-likeness (QED) is 0.735. The molecule has 0 unspecified atom stereocenters. The number of aromatic nitrogens is 1. The molecule has 0 amide bonds. The molecule has 0 bridgehead atoms. The second kappa shape index (κ2) is 6.85. The molecular weight excluding hydrogens is 362 g/mol. The summed E-state index contributed by atoms with van der Waals surface area (Å²) in [5.41, 5.74) is 0.962. The molecule has 1 N–H and O–H groups in total. The lowest BCUT2D eigenvalue weighted by Gasteiger charge is -2.19. The van der Waals surface area contributed by atoms with E-state index in [1.165, 1.54) is 6.20 Å². The fourth-order valence-electron chi connectivity index (χ4n) is 2.90. The second-order valence-electron chi connectivity index (χ2n) is 7.40. The number of benzene rings is 2. The fraction of sp³-hybridized carbons (Fsp3) is 0.286. The van der Waals surface area contributed by atoms with Crippen LogP contribution in [0.3, 0.4) is 0 Å². The van der Waals surface area contributed by atoms with Crippen molar-refractivity contribution in [3.8, 4) is 5.75 Å². The highest BCUT2D eigenvalue weighted by Crippen LogP contribution is 2.26. The average molecular weight is 385 g/mol. The lowest BCUT2D eigenvalue weighted by atomic mass is 9.87. The summed E-state index contributed by atoms with van der Waals surface area (Å²) in [4.78, 5) is 15.6. The third-order valence-corrected chi connectivity index (χ3v) is 6.22. The van der Waals surface area contributed by atoms with Crippen LogP contribution in [0.25, 0.3) is 10.9 Å². The molecule has 0 aliphatic carbocycles. The number of H-pyrrole nitrogens is 1. The Hall–Kier alpha value is -2.60. The highest BCUT2D eigenvalue weighted by atomic mass is 32.2. The van der Waals surface area contributed by atoms with E-state index < -0.39 is 15.3 Å². The Morgan fingerprint density at radius 3 is 2.30 bits per heavy atom. The zero-order chi connectivity index (χ0) is 19.8. The molecule has 0 saturated heterocycles. The number of pyridine rings is 1. The van der Waals surface area contributed by atoms with Crippen molar-refractivity contribution in [3.05, 3.63) is 64.4 Å². The van der Waals surface area contributed by atoms with Crippen LogP contribution in [0.5, 0.6) is 5.75 Å². The first-order valence-corrected chi connectivity index (χ1v) is 10.3. The van der Waals surface area contributed by atoms with Crippen molar-refractivity contribution in [2.24, 2.45) is 0 Å². The van der Waals surface area contributed by atoms with Crippen LogP contribution >= 0.6 is 0 Å². The first-order valence-electron chi connectivity index (χ1n) is 8.78. The topological polar surface area (TPSA) is 76.2 Å². The van der Waals surface area contributed by atoms with Gasteiger partial charge in [-0.3, -0.25) is 4.79 Å². The van der Waals surface area contributed by atoms with Crippen molar-refractivity contribution in [2.45, 2.75) is 42.9 Å². The van der Waals surface area contributed by atoms with Crippen LogP contribution in [0.1, 0.15) is 33.3 Å². The first-order chi connectivity index (χ1) is 12.6. The number of nitrogens with one attached hydrogen (secondary N) is 1. The molecule has 0 saturated carbocycles. The Morgan fingerprint density at radius 1 is 1.04 bits per heavy atom. The Labute approximate surface area is 158 Å². The minimum atomic E-state index is -3.93. The minimum absolute atomic E-state index is 0.0849. The summed E-state index contributed by atoms with van der Waals surface area (Å²) in [6.07, 6.45) is 1.26. The molecule has 0 fully saturated rings. The number of hydrogen-bond donors (Lipinski definition) is 1. The monoisotopic (exact) mass is 385 g/mol. The summed E-state index contributed by atoms with van der Waals surface area (Å²) in [6.45, 7) is 8.47. The van der Waals surface area contributed by atoms with Crippen LogP contribution in [0.2, 0.25) is 0 Å². The van der Waals surface area contributed by atoms with Gasteiger partial charge < -0.3 is 9.72 Å². The maximum absolute atomic E-state index is 13.0. The van der Waals surface area contributed by atoms with Crippen molar-refractivity contribution in [1.82, 2.24) is 4.98 Å². The van der Waals surface area contributed by atoms with E-state index in [1.807, 2.05) is 6.92 Å². The predicted molar refractivity (Wildman–Crippen MR) is 106 cm³/mol. The summed E-state index contributed by atoms with van der Waals surface area (Å²) < 4.78 is 31.5. The van der Waals surface area contributed by atoms with Crippen LogP contribution in [0.4, 0.5) is 0 Å². The lowest BCUT2D eigenvalue weighted by molar-refractivity contribution is 0.340. The first kappa shape index (κ1) is 19.2. The maximum atomic E-state index is 13.0. The number of fused-ring (bicyclic) bond motifs is 1. The van der Waals surface area contributed by atoms with E-state index in [0.29, 0.717) is 17.9 Å². The third-order valence-electron chi connectivity index (χ3n) is 4.45. The van der Waals surface area contributed by atoms with E-state index in [-0.39, 0.29) is 20.6 Å². The largest absolute Gasteiger partial charge is 0.494 e. The summed E-state index contributed by atoms with van der Waals surface area (Å²) in [7, 11) is -3.93. The van der Waals surface area contributed by atoms with Crippen molar-refractivity contribution in [2.75, 3.05) is 6.61 Å². The average Bonchev–Trinajstić information content (AvgIpc) is 2.62. The van der Waals surface area contributed by atoms with Gasteiger partial charge in [0.1, 0.15) is 10.6 Å². The van der Waals surface area contributed by atoms with Crippen molar-refractivity contribution in [1.29, 1.82) is 0 Å². The highest BCUT2D eigenvalue weighted by molar-refractivity contribution is 7.91. The zero-order valence-corrected chi connectivity index (χ0v) is 16.7. The molecule has 3 aromatic rings. The molecular formula is C21H23NO4S. The molecule has 142 valence electrons. The maximum Gasteiger partial charge on any atom is 0.211 e. The summed E-state index contributed by atoms with van der Waals surface area (Å²) in [6, 6.07) is 11.7. The van der Waals surface area contributed by atoms with Crippen LogP contribution in [0, 0.1) is 0 Å². The Bertz CT molecular complexity index is 1140. The van der Waals surface area contributed by atoms with Crippen LogP contribution in [-0.4, -0.2) is 20.0 Å². The van der Waals surface area contributed by atoms with Gasteiger partial charge in [-0.15, -0.1) is 0 Å². The lowest BCUT2D eigenvalue weighted by Crippen LogP contribution is -2.17. The third kappa shape index (κ3) is 3.62. The number of aromatic amines is 1. The fourth-order valence-corrected chi connectivity index (χ4v) is 4.21. The molecule has 0 aliphatic rings. The summed E-state index contributed by atoms with van der Waals surface area (Å²) >= 11 is 0. The molecule has 3 rings (SSSR count). The van der Waals surface area contributed by atoms with Gasteiger partial charge in [-0.25, -0.2) is 8.42 Å². The van der Waals surface area contributed by atoms with Gasteiger partial charge in [0.05, 0.1) is 16.9 Å². The molecule has 0 radical (unpaired) electrons. The molecule has 0 atom stereocenters. The zero-order valence-electron chi connectivity index (χ0n) is 15.9. The standard InChI is InChI=1S/C21H23NO4S/c1-5-26-15-8-11-18-17(12-15)20(23)19(13-22-18)27(24,25)16-9-6-14(7-10-16)21(2,3)4/h6-13H,5H2,1-4H3,(H,22,23). The molecule has 0 aliphatic heterocycles. The van der Waals surface area contributed by atoms with E-state index in [4.69, 9.17) is 4.74 Å². The van der Waals surface area contributed by atoms with Gasteiger partial charge in [0.2, 0.25) is 15.3 Å². The second-order valence-corrected chi connectivity index (χ2v) is 9.32. The van der Waals surface area contributed by atoms with Gasteiger partial charge >= 0.3 is 0 Å². The SMILES string of the molecule is CCOc1ccc2[nH]cc(S(=O)(=O)c3ccc(C(C)(C)C)cc3)c(=O)c2c1. The molecule has 1 aromatic heterocycles. The normalized spacial score (nSPS) is 12.3. The predicted octanol–water partition coefficient (Wildman–Crippen LogP) is 4.06. The van der Waals surface area contributed by atoms with E-state index in [1.54, 1.807) is 42.5 Å². The van der Waals surface area contributed by atoms with Crippen molar-refractivity contribution < 1.29 is 13.2 Å². The Morgan fingerprint density at radius 2 is 1.70 bits per heavy atom. The van der Waals surface area contributed by atoms with E-state index in [2.05, 4.69) is 25.8 Å². The van der Waals surface area contributed by atoms with Crippen LogP contribution < -0.4 is 10.2 Å². The van der Waals surface area contributed by atoms with Crippen molar-refractivity contribution in [3.63, 3.8) is 0 Å². The number of ether oxygens (including phenoxy) is 1. The van der Waals surface area contributed by atoms with E-state index in [9.17, 15) is 13.2 Å². The molecule has 6 heteroatoms. The van der Waals surface area contributed by atoms with Crippen LogP contribution in [0.15, 0.2) is 63.2 Å². The Kier molecular flexibility index (Phi) is 4.86. The van der Waals surface area contributed by atoms with E-state index in [0.717, 1.165) is 5.56 Å². The van der Waals surface area contributed by atoms with Crippen molar-refractivity contribution >= 4 is 20.7 Å². The van der Waals surface area contributed by atoms with Gasteiger partial charge in [-0.05, 0) is 48.2 Å². The number of hydrogen-bond acceptors (Lipinski definition) is 4. The number of rotatable bonds is 4. The molecule has 5 nitrogen and oxygen atoms in total. The molecule has 0 spiro atoms. The van der Waals surface area contributed by atoms with Gasteiger partial charge in [0.15, 0.2) is 0 Å². The van der Waals surface area contributed by atoms with Gasteiger partial charge in [0, 0.05) is 11.7 Å².